The van der Waals surface area contributed by atoms with Crippen LogP contribution in [0.15, 0.2) is 24.3 Å². The molecule has 2 nitrogen and oxygen atoms in total. The van der Waals surface area contributed by atoms with Crippen molar-refractivity contribution in [3.05, 3.63) is 24.3 Å². The third-order valence-electron chi connectivity index (χ3n) is 3.67. The maximum Gasteiger partial charge on any atom is 0.130 e. The Morgan fingerprint density at radius 1 is 1.39 bits per heavy atom. The Morgan fingerprint density at radius 2 is 2.00 bits per heavy atom. The normalized spacial score (nSPS) is 21.1. The van der Waals surface area contributed by atoms with Crippen LogP contribution in [0.2, 0.25) is 0 Å². The largest absolute Gasteiger partial charge is 0.355 e. The predicted molar refractivity (Wildman–Crippen MR) is 78.6 cm³/mol. The smallest absolute Gasteiger partial charge is 0.130 e. The molecule has 0 amide bonds. The highest BCUT2D eigenvalue weighted by Gasteiger charge is 2.23. The van der Waals surface area contributed by atoms with Crippen LogP contribution in [0.5, 0.6) is 0 Å². The van der Waals surface area contributed by atoms with Crippen LogP contribution in [0.3, 0.4) is 0 Å². The molecule has 104 valence electrons. The quantitative estimate of drug-likeness (QED) is 0.574. The first-order valence-electron chi connectivity index (χ1n) is 7.41. The fraction of sp³-hybridized carbons (Fsp3) is 0.750. The molecule has 18 heavy (non-hydrogen) atoms. The van der Waals surface area contributed by atoms with Crippen LogP contribution in [-0.2, 0) is 4.74 Å². The van der Waals surface area contributed by atoms with Gasteiger partial charge in [0.15, 0.2) is 0 Å². The number of nitrogens with zero attached hydrogens (tertiary/aromatic N) is 1. The zero-order chi connectivity index (χ0) is 13.4. The van der Waals surface area contributed by atoms with Crippen LogP contribution >= 0.6 is 0 Å². The molecule has 0 N–H and O–H groups in total. The molecule has 0 saturated carbocycles. The molecule has 0 aromatic rings. The van der Waals surface area contributed by atoms with E-state index < -0.39 is 0 Å². The molecular formula is C16H29NO. The lowest BCUT2D eigenvalue weighted by molar-refractivity contribution is -0.00445. The molecule has 2 unspecified atom stereocenters. The fourth-order valence-electron chi connectivity index (χ4n) is 2.20. The number of hydrogen-bond acceptors (Lipinski definition) is 2. The molecule has 0 spiro atoms. The predicted octanol–water partition coefficient (Wildman–Crippen LogP) is 3.99. The van der Waals surface area contributed by atoms with Crippen molar-refractivity contribution in [1.82, 2.24) is 4.90 Å². The molecule has 0 radical (unpaired) electrons. The van der Waals surface area contributed by atoms with E-state index in [1.807, 2.05) is 6.08 Å². The van der Waals surface area contributed by atoms with Gasteiger partial charge in [-0.25, -0.2) is 0 Å². The minimum absolute atomic E-state index is 0.195. The third kappa shape index (κ3) is 4.58. The Hall–Kier alpha value is -0.600. The lowest BCUT2D eigenvalue weighted by atomic mass is 10.0. The number of allylic oxidation sites excluding steroid dienone is 1. The molecule has 1 aliphatic heterocycles. The van der Waals surface area contributed by atoms with E-state index in [4.69, 9.17) is 4.74 Å². The first-order valence-corrected chi connectivity index (χ1v) is 7.41. The second-order valence-electron chi connectivity index (χ2n) is 5.21. The van der Waals surface area contributed by atoms with E-state index in [2.05, 4.69) is 38.3 Å². The topological polar surface area (TPSA) is 12.5 Å². The maximum absolute atomic E-state index is 5.93. The second kappa shape index (κ2) is 8.49. The van der Waals surface area contributed by atoms with Crippen LogP contribution in [0.25, 0.3) is 0 Å². The molecule has 0 aliphatic carbocycles. The van der Waals surface area contributed by atoms with Gasteiger partial charge >= 0.3 is 0 Å². The van der Waals surface area contributed by atoms with Gasteiger partial charge in [-0.2, -0.15) is 0 Å². The molecule has 2 heteroatoms. The Kier molecular flexibility index (Phi) is 7.29. The van der Waals surface area contributed by atoms with Crippen molar-refractivity contribution in [2.75, 3.05) is 19.7 Å². The summed E-state index contributed by atoms with van der Waals surface area (Å²) in [4.78, 5) is 2.48. The molecule has 1 aliphatic rings. The van der Waals surface area contributed by atoms with Gasteiger partial charge in [0.1, 0.15) is 6.23 Å². The van der Waals surface area contributed by atoms with Crippen molar-refractivity contribution in [2.24, 2.45) is 5.92 Å². The first-order chi connectivity index (χ1) is 8.72. The molecule has 1 rings (SSSR count). The van der Waals surface area contributed by atoms with Crippen molar-refractivity contribution in [3.63, 3.8) is 0 Å². The molecule has 0 aromatic carbocycles. The Morgan fingerprint density at radius 3 is 2.50 bits per heavy atom. The molecule has 0 bridgehead atoms. The average molecular weight is 251 g/mol. The van der Waals surface area contributed by atoms with E-state index in [0.717, 1.165) is 19.7 Å². The monoisotopic (exact) mass is 251 g/mol. The summed E-state index contributed by atoms with van der Waals surface area (Å²) < 4.78 is 5.93. The molecule has 1 heterocycles. The summed E-state index contributed by atoms with van der Waals surface area (Å²) in [6, 6.07) is 0. The highest BCUT2D eigenvalue weighted by Crippen LogP contribution is 2.23. The van der Waals surface area contributed by atoms with Crippen molar-refractivity contribution < 1.29 is 4.74 Å². The summed E-state index contributed by atoms with van der Waals surface area (Å²) in [7, 11) is 0. The Labute approximate surface area is 113 Å². The molecule has 0 fully saturated rings. The van der Waals surface area contributed by atoms with E-state index >= 15 is 0 Å². The number of rotatable bonds is 9. The van der Waals surface area contributed by atoms with Gasteiger partial charge in [-0.05, 0) is 30.4 Å². The zero-order valence-electron chi connectivity index (χ0n) is 12.3. The van der Waals surface area contributed by atoms with E-state index in [0.29, 0.717) is 5.92 Å². The summed E-state index contributed by atoms with van der Waals surface area (Å²) in [6.45, 7) is 13.6. The summed E-state index contributed by atoms with van der Waals surface area (Å²) in [5.41, 5.74) is 1.38. The number of ether oxygens (including phenoxy) is 1. The van der Waals surface area contributed by atoms with Crippen LogP contribution < -0.4 is 0 Å². The molecule has 0 aromatic heterocycles. The lowest BCUT2D eigenvalue weighted by Gasteiger charge is -2.26. The first kappa shape index (κ1) is 15.5. The van der Waals surface area contributed by atoms with Gasteiger partial charge in [0.2, 0.25) is 0 Å². The van der Waals surface area contributed by atoms with Gasteiger partial charge in [-0.1, -0.05) is 39.7 Å². The molecular weight excluding hydrogens is 222 g/mol. The Balaban J connectivity index is 2.56. The van der Waals surface area contributed by atoms with Crippen molar-refractivity contribution >= 4 is 0 Å². The van der Waals surface area contributed by atoms with Crippen LogP contribution in [0.4, 0.5) is 0 Å². The average Bonchev–Trinajstić information content (AvgIpc) is 2.87. The van der Waals surface area contributed by atoms with E-state index in [9.17, 15) is 0 Å². The van der Waals surface area contributed by atoms with Gasteiger partial charge in [0.05, 0.1) is 6.61 Å². The van der Waals surface area contributed by atoms with E-state index in [1.54, 1.807) is 0 Å². The standard InChI is InChI=1S/C16H29NO/c1-5-8-10-17(11-9-6-2)16-12-15(13-18-16)14(4)7-3/h7,12,14,16H,3,5-6,8-11,13H2,1-2,4H3. The van der Waals surface area contributed by atoms with Gasteiger partial charge < -0.3 is 4.74 Å². The van der Waals surface area contributed by atoms with Crippen molar-refractivity contribution in [2.45, 2.75) is 52.7 Å². The maximum atomic E-state index is 5.93. The van der Waals surface area contributed by atoms with Gasteiger partial charge in [0, 0.05) is 13.1 Å². The molecule has 2 atom stereocenters. The SMILES string of the molecule is C=CC(C)C1=CC(N(CCCC)CCCC)OC1. The minimum atomic E-state index is 0.195. The Bertz CT molecular complexity index is 264. The van der Waals surface area contributed by atoms with E-state index in [-0.39, 0.29) is 6.23 Å². The number of unbranched alkanes of at least 4 members (excludes halogenated alkanes) is 2. The fourth-order valence-corrected chi connectivity index (χ4v) is 2.20. The van der Waals surface area contributed by atoms with Crippen molar-refractivity contribution in [1.29, 1.82) is 0 Å². The summed E-state index contributed by atoms with van der Waals surface area (Å²) >= 11 is 0. The highest BCUT2D eigenvalue weighted by molar-refractivity contribution is 5.17. The van der Waals surface area contributed by atoms with E-state index in [1.165, 1.54) is 31.3 Å². The third-order valence-corrected chi connectivity index (χ3v) is 3.67. The zero-order valence-corrected chi connectivity index (χ0v) is 12.3. The molecule has 0 saturated heterocycles. The second-order valence-corrected chi connectivity index (χ2v) is 5.21. The summed E-state index contributed by atoms with van der Waals surface area (Å²) in [5.74, 6) is 0.439. The van der Waals surface area contributed by atoms with Crippen molar-refractivity contribution in [3.8, 4) is 0 Å². The van der Waals surface area contributed by atoms with Gasteiger partial charge in [0.25, 0.3) is 0 Å². The van der Waals surface area contributed by atoms with Crippen LogP contribution in [-0.4, -0.2) is 30.8 Å². The highest BCUT2D eigenvalue weighted by atomic mass is 16.5. The number of hydrogen-bond donors (Lipinski definition) is 0. The van der Waals surface area contributed by atoms with Crippen LogP contribution in [0.1, 0.15) is 46.5 Å². The summed E-state index contributed by atoms with van der Waals surface area (Å²) in [6.07, 6.45) is 9.50. The lowest BCUT2D eigenvalue weighted by Crippen LogP contribution is -2.35. The summed E-state index contributed by atoms with van der Waals surface area (Å²) in [5, 5.41) is 0. The van der Waals surface area contributed by atoms with Crippen LogP contribution in [0, 0.1) is 5.92 Å². The van der Waals surface area contributed by atoms with Gasteiger partial charge in [-0.15, -0.1) is 6.58 Å². The minimum Gasteiger partial charge on any atom is -0.355 e. The van der Waals surface area contributed by atoms with Gasteiger partial charge in [-0.3, -0.25) is 4.90 Å².